The summed E-state index contributed by atoms with van der Waals surface area (Å²) in [7, 11) is 0. The van der Waals surface area contributed by atoms with E-state index in [1.165, 1.54) is 17.7 Å². The molecule has 7 heteroatoms. The molecule has 3 fully saturated rings. The first-order chi connectivity index (χ1) is 9.76. The lowest BCUT2D eigenvalue weighted by atomic mass is 9.91. The number of piperidine rings is 1. The van der Waals surface area contributed by atoms with Gasteiger partial charge in [0.05, 0.1) is 0 Å². The molecule has 0 aromatic carbocycles. The van der Waals surface area contributed by atoms with Crippen molar-refractivity contribution < 1.29 is 23.1 Å². The number of aliphatic hydroxyl groups is 1. The first-order valence-electron chi connectivity index (χ1n) is 7.58. The van der Waals surface area contributed by atoms with Gasteiger partial charge in [0.25, 0.3) is 0 Å². The lowest BCUT2D eigenvalue weighted by Gasteiger charge is -2.39. The molecule has 2 N–H and O–H groups in total. The molecule has 0 bridgehead atoms. The number of nitrogens with one attached hydrogen (secondary N) is 1. The van der Waals surface area contributed by atoms with Gasteiger partial charge in [-0.25, -0.2) is 4.79 Å². The first-order valence-corrected chi connectivity index (χ1v) is 7.58. The van der Waals surface area contributed by atoms with Crippen molar-refractivity contribution in [1.29, 1.82) is 0 Å². The molecule has 21 heavy (non-hydrogen) atoms. The summed E-state index contributed by atoms with van der Waals surface area (Å²) in [6.07, 6.45) is -0.761. The Morgan fingerprint density at radius 3 is 2.19 bits per heavy atom. The van der Waals surface area contributed by atoms with Crippen LogP contribution >= 0.6 is 0 Å². The molecule has 0 spiro atoms. The van der Waals surface area contributed by atoms with Gasteiger partial charge in [-0.15, -0.1) is 0 Å². The molecule has 120 valence electrons. The van der Waals surface area contributed by atoms with Crippen LogP contribution in [0.2, 0.25) is 0 Å². The Bertz CT molecular complexity index is 422. The van der Waals surface area contributed by atoms with Gasteiger partial charge in [-0.1, -0.05) is 0 Å². The number of alkyl halides is 3. The van der Waals surface area contributed by atoms with Crippen LogP contribution in [-0.2, 0) is 0 Å². The lowest BCUT2D eigenvalue weighted by Crippen LogP contribution is -2.56. The number of hydrogen-bond donors (Lipinski definition) is 2. The number of carbonyl (C=O) groups excluding carboxylic acids is 1. The standard InChI is InChI=1S/C14H21F3N2O2/c15-14(16,17)13(21)5-7-19(8-6-13)11(20)18-9-12(3-4-12)10-1-2-10/h10,21H,1-9H2,(H,18,20). The second-order valence-corrected chi connectivity index (χ2v) is 6.81. The van der Waals surface area contributed by atoms with Crippen LogP contribution in [0.4, 0.5) is 18.0 Å². The number of rotatable bonds is 3. The fraction of sp³-hybridized carbons (Fsp3) is 0.929. The molecule has 0 radical (unpaired) electrons. The number of halogens is 3. The summed E-state index contributed by atoms with van der Waals surface area (Å²) in [6, 6.07) is -0.300. The highest BCUT2D eigenvalue weighted by Gasteiger charge is 2.56. The van der Waals surface area contributed by atoms with Crippen molar-refractivity contribution in [3.05, 3.63) is 0 Å². The van der Waals surface area contributed by atoms with Gasteiger partial charge in [0, 0.05) is 32.5 Å². The van der Waals surface area contributed by atoms with E-state index >= 15 is 0 Å². The molecule has 0 aromatic heterocycles. The maximum atomic E-state index is 12.7. The Morgan fingerprint density at radius 2 is 1.76 bits per heavy atom. The normalized spacial score (nSPS) is 27.3. The van der Waals surface area contributed by atoms with Crippen molar-refractivity contribution in [2.24, 2.45) is 11.3 Å². The molecule has 2 amide bonds. The van der Waals surface area contributed by atoms with E-state index in [2.05, 4.69) is 5.32 Å². The van der Waals surface area contributed by atoms with E-state index in [-0.39, 0.29) is 24.5 Å². The quantitative estimate of drug-likeness (QED) is 0.840. The van der Waals surface area contributed by atoms with Crippen LogP contribution in [0.1, 0.15) is 38.5 Å². The summed E-state index contributed by atoms with van der Waals surface area (Å²) in [5.41, 5.74) is -2.37. The van der Waals surface area contributed by atoms with Gasteiger partial charge in [0.15, 0.2) is 5.60 Å². The predicted molar refractivity (Wildman–Crippen MR) is 69.6 cm³/mol. The maximum absolute atomic E-state index is 12.7. The molecule has 1 heterocycles. The molecule has 0 unspecified atom stereocenters. The average Bonchev–Trinajstić information content (AvgIpc) is 3.26. The van der Waals surface area contributed by atoms with Gasteiger partial charge in [0.2, 0.25) is 0 Å². The average molecular weight is 306 g/mol. The highest BCUT2D eigenvalue weighted by Crippen LogP contribution is 2.60. The number of amides is 2. The molecule has 4 nitrogen and oxygen atoms in total. The maximum Gasteiger partial charge on any atom is 0.417 e. The Kier molecular flexibility index (Phi) is 3.39. The van der Waals surface area contributed by atoms with E-state index in [1.807, 2.05) is 0 Å². The second-order valence-electron chi connectivity index (χ2n) is 6.81. The summed E-state index contributed by atoms with van der Waals surface area (Å²) in [6.45, 7) is 0.521. The zero-order valence-corrected chi connectivity index (χ0v) is 11.9. The minimum atomic E-state index is -4.63. The molecule has 3 aliphatic rings. The van der Waals surface area contributed by atoms with Crippen LogP contribution in [0.15, 0.2) is 0 Å². The summed E-state index contributed by atoms with van der Waals surface area (Å²) in [5.74, 6) is 0.731. The van der Waals surface area contributed by atoms with Crippen LogP contribution in [0.3, 0.4) is 0 Å². The van der Waals surface area contributed by atoms with E-state index in [9.17, 15) is 23.1 Å². The molecule has 2 saturated carbocycles. The summed E-state index contributed by atoms with van der Waals surface area (Å²) < 4.78 is 38.1. The van der Waals surface area contributed by atoms with Gasteiger partial charge >= 0.3 is 12.2 Å². The van der Waals surface area contributed by atoms with Crippen molar-refractivity contribution in [2.75, 3.05) is 19.6 Å². The van der Waals surface area contributed by atoms with Gasteiger partial charge < -0.3 is 15.3 Å². The van der Waals surface area contributed by atoms with E-state index in [0.29, 0.717) is 6.54 Å². The van der Waals surface area contributed by atoms with Crippen molar-refractivity contribution in [2.45, 2.75) is 50.3 Å². The van der Waals surface area contributed by atoms with Gasteiger partial charge in [0.1, 0.15) is 0 Å². The first kappa shape index (κ1) is 14.9. The smallest absolute Gasteiger partial charge is 0.380 e. The Balaban J connectivity index is 1.47. The predicted octanol–water partition coefficient (Wildman–Crippen LogP) is 2.28. The van der Waals surface area contributed by atoms with Crippen molar-refractivity contribution in [3.8, 4) is 0 Å². The third-order valence-electron chi connectivity index (χ3n) is 5.33. The fourth-order valence-electron chi connectivity index (χ4n) is 3.31. The van der Waals surface area contributed by atoms with Crippen LogP contribution in [0, 0.1) is 11.3 Å². The van der Waals surface area contributed by atoms with Crippen LogP contribution in [0.5, 0.6) is 0 Å². The van der Waals surface area contributed by atoms with Crippen LogP contribution in [0.25, 0.3) is 0 Å². The third-order valence-corrected chi connectivity index (χ3v) is 5.33. The zero-order valence-electron chi connectivity index (χ0n) is 11.9. The zero-order chi connectivity index (χ0) is 15.3. The molecule has 0 atom stereocenters. The lowest BCUT2D eigenvalue weighted by molar-refractivity contribution is -0.271. The van der Waals surface area contributed by atoms with E-state index in [4.69, 9.17) is 0 Å². The number of likely N-dealkylation sites (tertiary alicyclic amines) is 1. The van der Waals surface area contributed by atoms with Gasteiger partial charge in [-0.3, -0.25) is 0 Å². The number of urea groups is 1. The van der Waals surface area contributed by atoms with Crippen molar-refractivity contribution in [1.82, 2.24) is 10.2 Å². The Labute approximate surface area is 121 Å². The molecule has 1 saturated heterocycles. The molecular formula is C14H21F3N2O2. The van der Waals surface area contributed by atoms with E-state index in [1.54, 1.807) is 0 Å². The molecule has 3 rings (SSSR count). The summed E-state index contributed by atoms with van der Waals surface area (Å²) in [4.78, 5) is 13.4. The number of nitrogens with zero attached hydrogens (tertiary/aromatic N) is 1. The summed E-state index contributed by atoms with van der Waals surface area (Å²) in [5, 5.41) is 12.4. The second kappa shape index (κ2) is 4.76. The monoisotopic (exact) mass is 306 g/mol. The minimum Gasteiger partial charge on any atom is -0.380 e. The van der Waals surface area contributed by atoms with Crippen LogP contribution in [-0.4, -0.2) is 47.4 Å². The SMILES string of the molecule is O=C(NCC1(C2CC2)CC1)N1CCC(O)(C(F)(F)F)CC1. The number of hydrogen-bond acceptors (Lipinski definition) is 2. The Hall–Kier alpha value is -0.980. The molecule has 0 aromatic rings. The minimum absolute atomic E-state index is 0.0573. The highest BCUT2D eigenvalue weighted by atomic mass is 19.4. The van der Waals surface area contributed by atoms with E-state index in [0.717, 1.165) is 18.8 Å². The third kappa shape index (κ3) is 2.84. The molecular weight excluding hydrogens is 285 g/mol. The van der Waals surface area contributed by atoms with Crippen molar-refractivity contribution in [3.63, 3.8) is 0 Å². The van der Waals surface area contributed by atoms with Crippen molar-refractivity contribution >= 4 is 6.03 Å². The van der Waals surface area contributed by atoms with Crippen LogP contribution < -0.4 is 5.32 Å². The van der Waals surface area contributed by atoms with Gasteiger partial charge in [-0.2, -0.15) is 13.2 Å². The fourth-order valence-corrected chi connectivity index (χ4v) is 3.31. The topological polar surface area (TPSA) is 52.6 Å². The largest absolute Gasteiger partial charge is 0.417 e. The van der Waals surface area contributed by atoms with E-state index < -0.39 is 24.6 Å². The Morgan fingerprint density at radius 1 is 1.19 bits per heavy atom. The molecule has 1 aliphatic heterocycles. The summed E-state index contributed by atoms with van der Waals surface area (Å²) >= 11 is 0. The van der Waals surface area contributed by atoms with Gasteiger partial charge in [-0.05, 0) is 37.0 Å². The highest BCUT2D eigenvalue weighted by molar-refractivity contribution is 5.74. The number of carbonyl (C=O) groups is 1. The molecule has 2 aliphatic carbocycles.